The van der Waals surface area contributed by atoms with Gasteiger partial charge in [-0.25, -0.2) is 13.2 Å². The van der Waals surface area contributed by atoms with Gasteiger partial charge in [0.15, 0.2) is 17.5 Å². The second-order valence-electron chi connectivity index (χ2n) is 5.21. The van der Waals surface area contributed by atoms with Gasteiger partial charge in [0.1, 0.15) is 0 Å². The number of carbonyl (C=O) groups is 1. The average molecular weight is 382 g/mol. The van der Waals surface area contributed by atoms with Crippen molar-refractivity contribution in [2.45, 2.75) is 6.42 Å². The molecule has 1 aromatic heterocycles. The highest BCUT2D eigenvalue weighted by Crippen LogP contribution is 2.26. The molecule has 9 heteroatoms. The molecule has 0 atom stereocenters. The van der Waals surface area contributed by atoms with Crippen molar-refractivity contribution in [3.8, 4) is 11.5 Å². The predicted octanol–water partition coefficient (Wildman–Crippen LogP) is 3.78. The molecule has 3 rings (SSSR count). The summed E-state index contributed by atoms with van der Waals surface area (Å²) in [6.07, 6.45) is 0.161. The minimum Gasteiger partial charge on any atom is -0.421 e. The highest BCUT2D eigenvalue weighted by molar-refractivity contribution is 6.33. The van der Waals surface area contributed by atoms with Crippen LogP contribution >= 0.6 is 11.6 Å². The molecule has 0 spiro atoms. The van der Waals surface area contributed by atoms with Gasteiger partial charge in [-0.3, -0.25) is 4.79 Å². The van der Waals surface area contributed by atoms with E-state index in [1.54, 1.807) is 24.3 Å². The lowest BCUT2D eigenvalue weighted by molar-refractivity contribution is 0.0948. The van der Waals surface area contributed by atoms with Gasteiger partial charge >= 0.3 is 0 Å². The van der Waals surface area contributed by atoms with Crippen molar-refractivity contribution in [1.29, 1.82) is 0 Å². The second kappa shape index (κ2) is 7.57. The molecule has 5 nitrogen and oxygen atoms in total. The number of carbonyl (C=O) groups excluding carboxylic acids is 1. The lowest BCUT2D eigenvalue weighted by Crippen LogP contribution is -2.27. The summed E-state index contributed by atoms with van der Waals surface area (Å²) in [5.74, 6) is -5.03. The van der Waals surface area contributed by atoms with E-state index in [-0.39, 0.29) is 24.7 Å². The second-order valence-corrected chi connectivity index (χ2v) is 5.62. The molecule has 0 aliphatic rings. The molecule has 0 radical (unpaired) electrons. The highest BCUT2D eigenvalue weighted by atomic mass is 35.5. The van der Waals surface area contributed by atoms with Gasteiger partial charge in [0, 0.05) is 13.0 Å². The van der Waals surface area contributed by atoms with Gasteiger partial charge in [-0.15, -0.1) is 10.2 Å². The van der Waals surface area contributed by atoms with Crippen LogP contribution in [0.1, 0.15) is 16.2 Å². The fourth-order valence-corrected chi connectivity index (χ4v) is 2.39. The van der Waals surface area contributed by atoms with Gasteiger partial charge in [-0.05, 0) is 24.3 Å². The molecule has 0 aliphatic heterocycles. The standard InChI is InChI=1S/C17H11ClF3N3O2/c18-11-4-2-1-3-9(11)17-24-23-13(26-17)7-8-22-16(25)10-5-6-12(19)15(21)14(10)20/h1-6H,7-8H2,(H,22,25). The molecule has 1 heterocycles. The summed E-state index contributed by atoms with van der Waals surface area (Å²) in [5, 5.41) is 10.5. The number of nitrogens with one attached hydrogen (secondary N) is 1. The van der Waals surface area contributed by atoms with Crippen LogP contribution in [0.3, 0.4) is 0 Å². The monoisotopic (exact) mass is 381 g/mol. The van der Waals surface area contributed by atoms with Gasteiger partial charge in [-0.1, -0.05) is 23.7 Å². The van der Waals surface area contributed by atoms with Gasteiger partial charge in [0.2, 0.25) is 11.8 Å². The van der Waals surface area contributed by atoms with Crippen molar-refractivity contribution in [2.75, 3.05) is 6.54 Å². The van der Waals surface area contributed by atoms with Crippen LogP contribution in [0.4, 0.5) is 13.2 Å². The van der Waals surface area contributed by atoms with Crippen LogP contribution in [-0.4, -0.2) is 22.6 Å². The maximum absolute atomic E-state index is 13.6. The Hall–Kier alpha value is -2.87. The van der Waals surface area contributed by atoms with Crippen LogP contribution in [0.2, 0.25) is 5.02 Å². The molecule has 0 aliphatic carbocycles. The Balaban J connectivity index is 1.62. The van der Waals surface area contributed by atoms with E-state index in [1.165, 1.54) is 0 Å². The molecular weight excluding hydrogens is 371 g/mol. The van der Waals surface area contributed by atoms with Crippen molar-refractivity contribution in [3.05, 3.63) is 70.3 Å². The number of hydrogen-bond acceptors (Lipinski definition) is 4. The van der Waals surface area contributed by atoms with Crippen LogP contribution in [-0.2, 0) is 6.42 Å². The molecule has 1 amide bonds. The zero-order valence-electron chi connectivity index (χ0n) is 13.1. The first-order valence-corrected chi connectivity index (χ1v) is 7.84. The normalized spacial score (nSPS) is 10.8. The molecule has 0 unspecified atom stereocenters. The summed E-state index contributed by atoms with van der Waals surface area (Å²) in [7, 11) is 0. The third-order valence-corrected chi connectivity index (χ3v) is 3.80. The van der Waals surface area contributed by atoms with Crippen molar-refractivity contribution in [3.63, 3.8) is 0 Å². The third kappa shape index (κ3) is 3.70. The zero-order valence-corrected chi connectivity index (χ0v) is 13.9. The van der Waals surface area contributed by atoms with Crippen LogP contribution < -0.4 is 5.32 Å². The van der Waals surface area contributed by atoms with E-state index < -0.39 is 28.9 Å². The minimum atomic E-state index is -1.70. The fourth-order valence-electron chi connectivity index (χ4n) is 2.18. The van der Waals surface area contributed by atoms with E-state index in [0.29, 0.717) is 16.7 Å². The van der Waals surface area contributed by atoms with Crippen molar-refractivity contribution >= 4 is 17.5 Å². The molecule has 0 fully saturated rings. The fraction of sp³-hybridized carbons (Fsp3) is 0.118. The number of rotatable bonds is 5. The van der Waals surface area contributed by atoms with E-state index >= 15 is 0 Å². The maximum atomic E-state index is 13.6. The predicted molar refractivity (Wildman–Crippen MR) is 87.1 cm³/mol. The van der Waals surface area contributed by atoms with Crippen molar-refractivity contribution in [2.24, 2.45) is 0 Å². The van der Waals surface area contributed by atoms with Gasteiger partial charge in [-0.2, -0.15) is 0 Å². The number of benzene rings is 2. The van der Waals surface area contributed by atoms with E-state index in [1.807, 2.05) is 0 Å². The van der Waals surface area contributed by atoms with Crippen LogP contribution in [0.5, 0.6) is 0 Å². The van der Waals surface area contributed by atoms with E-state index in [0.717, 1.165) is 6.07 Å². The van der Waals surface area contributed by atoms with Gasteiger partial charge < -0.3 is 9.73 Å². The summed E-state index contributed by atoms with van der Waals surface area (Å²) in [6.45, 7) is 0.0292. The molecule has 26 heavy (non-hydrogen) atoms. The highest BCUT2D eigenvalue weighted by Gasteiger charge is 2.19. The summed E-state index contributed by atoms with van der Waals surface area (Å²) in [6, 6.07) is 8.47. The van der Waals surface area contributed by atoms with Crippen molar-refractivity contribution in [1.82, 2.24) is 15.5 Å². The summed E-state index contributed by atoms with van der Waals surface area (Å²) in [5.41, 5.74) is -0.0213. The summed E-state index contributed by atoms with van der Waals surface area (Å²) >= 11 is 6.04. The third-order valence-electron chi connectivity index (χ3n) is 3.48. The van der Waals surface area contributed by atoms with Crippen LogP contribution in [0.25, 0.3) is 11.5 Å². The Morgan fingerprint density at radius 1 is 1.08 bits per heavy atom. The molecule has 0 saturated carbocycles. The number of nitrogens with zero attached hydrogens (tertiary/aromatic N) is 2. The Kier molecular flexibility index (Phi) is 5.22. The summed E-state index contributed by atoms with van der Waals surface area (Å²) in [4.78, 5) is 11.9. The first-order chi connectivity index (χ1) is 12.5. The molecule has 134 valence electrons. The van der Waals surface area contributed by atoms with Gasteiger partial charge in [0.25, 0.3) is 5.91 Å². The number of aromatic nitrogens is 2. The zero-order chi connectivity index (χ0) is 18.7. The largest absolute Gasteiger partial charge is 0.421 e. The first kappa shape index (κ1) is 17.9. The van der Waals surface area contributed by atoms with Crippen molar-refractivity contribution < 1.29 is 22.4 Å². The Bertz CT molecular complexity index is 962. The topological polar surface area (TPSA) is 68.0 Å². The summed E-state index contributed by atoms with van der Waals surface area (Å²) < 4.78 is 45.1. The molecule has 0 saturated heterocycles. The Morgan fingerprint density at radius 2 is 1.85 bits per heavy atom. The average Bonchev–Trinajstić information content (AvgIpc) is 3.08. The molecular formula is C17H11ClF3N3O2. The van der Waals surface area contributed by atoms with Crippen LogP contribution in [0.15, 0.2) is 40.8 Å². The number of halogens is 4. The number of amides is 1. The lowest BCUT2D eigenvalue weighted by Gasteiger charge is -2.05. The number of hydrogen-bond donors (Lipinski definition) is 1. The SMILES string of the molecule is O=C(NCCc1nnc(-c2ccccc2Cl)o1)c1ccc(F)c(F)c1F. The lowest BCUT2D eigenvalue weighted by atomic mass is 10.2. The van der Waals surface area contributed by atoms with Crippen LogP contribution in [0, 0.1) is 17.5 Å². The smallest absolute Gasteiger partial charge is 0.254 e. The molecule has 0 bridgehead atoms. The minimum absolute atomic E-state index is 0.0292. The Labute approximate surface area is 150 Å². The molecule has 2 aromatic carbocycles. The van der Waals surface area contributed by atoms with Gasteiger partial charge in [0.05, 0.1) is 16.1 Å². The molecule has 3 aromatic rings. The van der Waals surface area contributed by atoms with E-state index in [4.69, 9.17) is 16.0 Å². The maximum Gasteiger partial charge on any atom is 0.254 e. The van der Waals surface area contributed by atoms with E-state index in [9.17, 15) is 18.0 Å². The van der Waals surface area contributed by atoms with E-state index in [2.05, 4.69) is 15.5 Å². The quantitative estimate of drug-likeness (QED) is 0.683. The first-order valence-electron chi connectivity index (χ1n) is 7.46. The Morgan fingerprint density at radius 3 is 2.62 bits per heavy atom. The molecule has 1 N–H and O–H groups in total.